The number of aromatic hydroxyl groups is 1. The predicted molar refractivity (Wildman–Crippen MR) is 45.8 cm³/mol. The Bertz CT molecular complexity index is 375. The van der Waals surface area contributed by atoms with Crippen molar-refractivity contribution in [3.8, 4) is 5.75 Å². The van der Waals surface area contributed by atoms with Crippen molar-refractivity contribution >= 4 is 5.78 Å². The molecular formula is C9H10O4. The van der Waals surface area contributed by atoms with Crippen LogP contribution in [0.1, 0.15) is 24.4 Å². The minimum Gasteiger partial charge on any atom is -0.501 e. The van der Waals surface area contributed by atoms with Crippen LogP contribution in [0.3, 0.4) is 0 Å². The predicted octanol–water partition coefficient (Wildman–Crippen LogP) is 1.18. The summed E-state index contributed by atoms with van der Waals surface area (Å²) in [5.74, 6) is -1.56. The highest BCUT2D eigenvalue weighted by Gasteiger charge is 2.18. The molecule has 70 valence electrons. The lowest BCUT2D eigenvalue weighted by Gasteiger charge is -2.03. The summed E-state index contributed by atoms with van der Waals surface area (Å²) in [5, 5.41) is 9.19. The molecular weight excluding hydrogens is 172 g/mol. The molecule has 0 unspecified atom stereocenters. The molecule has 0 fully saturated rings. The highest BCUT2D eigenvalue weighted by atomic mass is 16.4. The molecule has 1 heterocycles. The van der Waals surface area contributed by atoms with Crippen LogP contribution in [0.2, 0.25) is 0 Å². The van der Waals surface area contributed by atoms with E-state index in [-0.39, 0.29) is 17.5 Å². The lowest BCUT2D eigenvalue weighted by molar-refractivity contribution is 0.0904. The van der Waals surface area contributed by atoms with Crippen LogP contribution in [0.15, 0.2) is 21.5 Å². The van der Waals surface area contributed by atoms with E-state index in [9.17, 15) is 14.7 Å². The first-order valence-electron chi connectivity index (χ1n) is 3.89. The Labute approximate surface area is 74.8 Å². The van der Waals surface area contributed by atoms with Crippen molar-refractivity contribution in [2.45, 2.75) is 13.8 Å². The molecule has 13 heavy (non-hydrogen) atoms. The van der Waals surface area contributed by atoms with Crippen molar-refractivity contribution in [1.82, 2.24) is 0 Å². The Morgan fingerprint density at radius 1 is 1.54 bits per heavy atom. The molecule has 1 rings (SSSR count). The molecule has 4 heteroatoms. The first kappa shape index (κ1) is 9.51. The molecule has 0 saturated heterocycles. The smallest absolute Gasteiger partial charge is 0.227 e. The average molecular weight is 182 g/mol. The van der Waals surface area contributed by atoms with Crippen LogP contribution in [0.5, 0.6) is 5.75 Å². The molecule has 4 nitrogen and oxygen atoms in total. The van der Waals surface area contributed by atoms with Gasteiger partial charge >= 0.3 is 0 Å². The van der Waals surface area contributed by atoms with Crippen LogP contribution in [0.4, 0.5) is 0 Å². The van der Waals surface area contributed by atoms with Gasteiger partial charge in [-0.1, -0.05) is 13.8 Å². The summed E-state index contributed by atoms with van der Waals surface area (Å²) >= 11 is 0. The second-order valence-electron chi connectivity index (χ2n) is 2.98. The van der Waals surface area contributed by atoms with Crippen LogP contribution in [0, 0.1) is 5.92 Å². The molecule has 1 N–H and O–H groups in total. The van der Waals surface area contributed by atoms with E-state index in [0.29, 0.717) is 0 Å². The number of hydrogen-bond donors (Lipinski definition) is 1. The van der Waals surface area contributed by atoms with Crippen LogP contribution < -0.4 is 5.43 Å². The maximum absolute atomic E-state index is 11.3. The SMILES string of the molecule is CC(C)C(=O)c1occc(=O)c1O. The molecule has 0 aliphatic carbocycles. The molecule has 0 aromatic carbocycles. The normalized spacial score (nSPS) is 10.4. The van der Waals surface area contributed by atoms with Crippen molar-refractivity contribution in [3.63, 3.8) is 0 Å². The third-order valence-corrected chi connectivity index (χ3v) is 1.60. The van der Waals surface area contributed by atoms with E-state index in [0.717, 1.165) is 12.3 Å². The molecule has 0 saturated carbocycles. The van der Waals surface area contributed by atoms with E-state index >= 15 is 0 Å². The fraction of sp³-hybridized carbons (Fsp3) is 0.333. The molecule has 0 aliphatic rings. The Morgan fingerprint density at radius 2 is 2.15 bits per heavy atom. The van der Waals surface area contributed by atoms with Gasteiger partial charge in [-0.25, -0.2) is 0 Å². The van der Waals surface area contributed by atoms with Crippen LogP contribution in [0.25, 0.3) is 0 Å². The summed E-state index contributed by atoms with van der Waals surface area (Å²) in [5.41, 5.74) is -0.602. The zero-order chi connectivity index (χ0) is 10.0. The van der Waals surface area contributed by atoms with Crippen LogP contribution in [-0.4, -0.2) is 10.9 Å². The first-order valence-corrected chi connectivity index (χ1v) is 3.89. The maximum Gasteiger partial charge on any atom is 0.227 e. The van der Waals surface area contributed by atoms with Crippen LogP contribution >= 0.6 is 0 Å². The first-order chi connectivity index (χ1) is 6.04. The summed E-state index contributed by atoms with van der Waals surface area (Å²) in [6, 6.07) is 1.06. The number of rotatable bonds is 2. The third kappa shape index (κ3) is 1.77. The summed E-state index contributed by atoms with van der Waals surface area (Å²) < 4.78 is 4.76. The number of carbonyl (C=O) groups excluding carboxylic acids is 1. The Balaban J connectivity index is 3.23. The monoisotopic (exact) mass is 182 g/mol. The summed E-state index contributed by atoms with van der Waals surface area (Å²) in [6.45, 7) is 3.32. The third-order valence-electron chi connectivity index (χ3n) is 1.60. The quantitative estimate of drug-likeness (QED) is 0.697. The van der Waals surface area contributed by atoms with Crippen molar-refractivity contribution in [2.24, 2.45) is 5.92 Å². The molecule has 0 spiro atoms. The standard InChI is InChI=1S/C9H10O4/c1-5(2)7(11)9-8(12)6(10)3-4-13-9/h3-5,12H,1-2H3. The number of carbonyl (C=O) groups is 1. The van der Waals surface area contributed by atoms with E-state index in [2.05, 4.69) is 0 Å². The average Bonchev–Trinajstić information content (AvgIpc) is 2.08. The van der Waals surface area contributed by atoms with Gasteiger partial charge in [0.05, 0.1) is 6.26 Å². The Morgan fingerprint density at radius 3 is 2.69 bits per heavy atom. The zero-order valence-electron chi connectivity index (χ0n) is 7.40. The van der Waals surface area contributed by atoms with Gasteiger partial charge in [-0.3, -0.25) is 9.59 Å². The molecule has 1 aromatic heterocycles. The van der Waals surface area contributed by atoms with Crippen molar-refractivity contribution in [2.75, 3.05) is 0 Å². The van der Waals surface area contributed by atoms with E-state index in [1.54, 1.807) is 13.8 Å². The van der Waals surface area contributed by atoms with Gasteiger partial charge in [0.15, 0.2) is 0 Å². The topological polar surface area (TPSA) is 67.5 Å². The van der Waals surface area contributed by atoms with Gasteiger partial charge in [0, 0.05) is 12.0 Å². The molecule has 0 amide bonds. The number of ketones is 1. The van der Waals surface area contributed by atoms with Gasteiger partial charge in [-0.15, -0.1) is 0 Å². The second kappa shape index (κ2) is 3.43. The van der Waals surface area contributed by atoms with Crippen molar-refractivity contribution in [3.05, 3.63) is 28.3 Å². The van der Waals surface area contributed by atoms with Crippen molar-refractivity contribution < 1.29 is 14.3 Å². The zero-order valence-corrected chi connectivity index (χ0v) is 7.40. The highest BCUT2D eigenvalue weighted by molar-refractivity contribution is 5.96. The Hall–Kier alpha value is -1.58. The van der Waals surface area contributed by atoms with E-state index in [1.165, 1.54) is 0 Å². The van der Waals surface area contributed by atoms with E-state index in [1.807, 2.05) is 0 Å². The lowest BCUT2D eigenvalue weighted by atomic mass is 10.1. The molecule has 0 radical (unpaired) electrons. The maximum atomic E-state index is 11.3. The fourth-order valence-corrected chi connectivity index (χ4v) is 0.847. The number of Topliss-reactive ketones (excluding diaryl/α,β-unsaturated/α-hetero) is 1. The minimum atomic E-state index is -0.610. The van der Waals surface area contributed by atoms with Gasteiger partial charge in [-0.05, 0) is 0 Å². The van der Waals surface area contributed by atoms with Gasteiger partial charge < -0.3 is 9.52 Å². The van der Waals surface area contributed by atoms with Gasteiger partial charge in [0.25, 0.3) is 0 Å². The van der Waals surface area contributed by atoms with E-state index < -0.39 is 11.2 Å². The number of hydrogen-bond acceptors (Lipinski definition) is 4. The van der Waals surface area contributed by atoms with Crippen LogP contribution in [-0.2, 0) is 0 Å². The van der Waals surface area contributed by atoms with E-state index in [4.69, 9.17) is 4.42 Å². The van der Waals surface area contributed by atoms with Gasteiger partial charge in [-0.2, -0.15) is 0 Å². The lowest BCUT2D eigenvalue weighted by Crippen LogP contribution is -2.11. The molecule has 0 aliphatic heterocycles. The molecule has 0 bridgehead atoms. The minimum absolute atomic E-state index is 0.262. The summed E-state index contributed by atoms with van der Waals surface area (Å²) in [4.78, 5) is 22.2. The molecule has 0 atom stereocenters. The highest BCUT2D eigenvalue weighted by Crippen LogP contribution is 2.15. The summed E-state index contributed by atoms with van der Waals surface area (Å²) in [6.07, 6.45) is 1.09. The van der Waals surface area contributed by atoms with Crippen molar-refractivity contribution in [1.29, 1.82) is 0 Å². The molecule has 1 aromatic rings. The largest absolute Gasteiger partial charge is 0.501 e. The fourth-order valence-electron chi connectivity index (χ4n) is 0.847. The van der Waals surface area contributed by atoms with Gasteiger partial charge in [0.1, 0.15) is 0 Å². The van der Waals surface area contributed by atoms with Gasteiger partial charge in [0.2, 0.25) is 22.7 Å². The Kier molecular flexibility index (Phi) is 2.51. The second-order valence-corrected chi connectivity index (χ2v) is 2.98. The summed E-state index contributed by atoms with van der Waals surface area (Å²) in [7, 11) is 0.